The lowest BCUT2D eigenvalue weighted by molar-refractivity contribution is 0.0733. The van der Waals surface area contributed by atoms with Crippen LogP contribution in [0.1, 0.15) is 47.1 Å². The van der Waals surface area contributed by atoms with E-state index in [9.17, 15) is 9.59 Å². The van der Waals surface area contributed by atoms with Crippen molar-refractivity contribution < 1.29 is 33.3 Å². The van der Waals surface area contributed by atoms with E-state index < -0.39 is 11.5 Å². The van der Waals surface area contributed by atoms with Crippen LogP contribution in [0.5, 0.6) is 28.7 Å². The molecule has 3 aromatic carbocycles. The number of carbonyl (C=O) groups is 2. The van der Waals surface area contributed by atoms with E-state index in [1.54, 1.807) is 73.7 Å². The van der Waals surface area contributed by atoms with Gasteiger partial charge in [-0.3, -0.25) is 9.69 Å². The van der Waals surface area contributed by atoms with Gasteiger partial charge in [-0.1, -0.05) is 6.08 Å². The molecule has 1 aliphatic rings. The van der Waals surface area contributed by atoms with E-state index in [-0.39, 0.29) is 11.5 Å². The second kappa shape index (κ2) is 10.5. The first-order chi connectivity index (χ1) is 18.1. The first-order valence-electron chi connectivity index (χ1n) is 12.0. The summed E-state index contributed by atoms with van der Waals surface area (Å²) in [4.78, 5) is 28.5. The quantitative estimate of drug-likeness (QED) is 0.290. The van der Waals surface area contributed by atoms with Crippen molar-refractivity contribution in [3.05, 3.63) is 77.4 Å². The molecule has 8 heteroatoms. The Bertz CT molecular complexity index is 1380. The zero-order chi connectivity index (χ0) is 27.6. The van der Waals surface area contributed by atoms with Gasteiger partial charge in [0.1, 0.15) is 28.7 Å². The van der Waals surface area contributed by atoms with Crippen LogP contribution in [0, 0.1) is 0 Å². The standard InChI is InChI=1S/C30H31NO7/c1-18-17-30(2,3)31(28(32)19-10-22(34-4)14-23(11-19)35-5)27-9-8-21(16-26(18)27)38-29(33)20-12-24(36-6)15-25(13-20)37-7/h8-17H,1-7H3. The highest BCUT2D eigenvalue weighted by Gasteiger charge is 2.37. The van der Waals surface area contributed by atoms with Crippen molar-refractivity contribution in [3.63, 3.8) is 0 Å². The summed E-state index contributed by atoms with van der Waals surface area (Å²) in [7, 11) is 6.11. The van der Waals surface area contributed by atoms with Gasteiger partial charge >= 0.3 is 5.97 Å². The number of methoxy groups -OCH3 is 4. The monoisotopic (exact) mass is 517 g/mol. The third-order valence-corrected chi connectivity index (χ3v) is 6.38. The molecule has 1 aliphatic heterocycles. The summed E-state index contributed by atoms with van der Waals surface area (Å²) in [6.07, 6.45) is 2.02. The SMILES string of the molecule is COc1cc(OC)cc(C(=O)Oc2ccc3c(c2)C(C)=CC(C)(C)N3C(=O)c2cc(OC)cc(OC)c2)c1. The molecule has 0 bridgehead atoms. The number of allylic oxidation sites excluding steroid dienone is 1. The van der Waals surface area contributed by atoms with Gasteiger partial charge < -0.3 is 23.7 Å². The number of hydrogen-bond acceptors (Lipinski definition) is 7. The average molecular weight is 518 g/mol. The van der Waals surface area contributed by atoms with Crippen LogP contribution in [0.2, 0.25) is 0 Å². The van der Waals surface area contributed by atoms with E-state index in [1.165, 1.54) is 14.2 Å². The molecule has 0 fully saturated rings. The number of ether oxygens (including phenoxy) is 5. The highest BCUT2D eigenvalue weighted by Crippen LogP contribution is 2.42. The van der Waals surface area contributed by atoms with Crippen LogP contribution in [0.25, 0.3) is 5.57 Å². The number of fused-ring (bicyclic) bond motifs is 1. The second-order valence-electron chi connectivity index (χ2n) is 9.39. The van der Waals surface area contributed by atoms with Crippen molar-refractivity contribution in [2.45, 2.75) is 26.3 Å². The van der Waals surface area contributed by atoms with E-state index in [0.29, 0.717) is 40.0 Å². The summed E-state index contributed by atoms with van der Waals surface area (Å²) in [5, 5.41) is 0. The smallest absolute Gasteiger partial charge is 0.343 e. The molecule has 0 spiro atoms. The third-order valence-electron chi connectivity index (χ3n) is 6.38. The summed E-state index contributed by atoms with van der Waals surface area (Å²) in [6.45, 7) is 5.91. The zero-order valence-corrected chi connectivity index (χ0v) is 22.6. The minimum absolute atomic E-state index is 0.217. The molecule has 3 aromatic rings. The largest absolute Gasteiger partial charge is 0.497 e. The molecule has 1 amide bonds. The van der Waals surface area contributed by atoms with Crippen LogP contribution in [0.4, 0.5) is 5.69 Å². The number of rotatable bonds is 7. The Morgan fingerprint density at radius 2 is 1.18 bits per heavy atom. The van der Waals surface area contributed by atoms with Gasteiger partial charge in [-0.2, -0.15) is 0 Å². The Hall–Kier alpha value is -4.46. The summed E-state index contributed by atoms with van der Waals surface area (Å²) in [5.41, 5.74) is 2.52. The van der Waals surface area contributed by atoms with Crippen LogP contribution in [-0.2, 0) is 0 Å². The van der Waals surface area contributed by atoms with Gasteiger partial charge in [-0.15, -0.1) is 0 Å². The maximum Gasteiger partial charge on any atom is 0.343 e. The van der Waals surface area contributed by atoms with Crippen molar-refractivity contribution in [3.8, 4) is 28.7 Å². The van der Waals surface area contributed by atoms with Crippen LogP contribution in [0.15, 0.2) is 60.7 Å². The Morgan fingerprint density at radius 3 is 1.68 bits per heavy atom. The van der Waals surface area contributed by atoms with Gasteiger partial charge in [0.05, 0.1) is 45.2 Å². The Kier molecular flexibility index (Phi) is 7.35. The zero-order valence-electron chi connectivity index (χ0n) is 22.6. The molecule has 0 unspecified atom stereocenters. The van der Waals surface area contributed by atoms with Crippen LogP contribution in [-0.4, -0.2) is 45.9 Å². The minimum Gasteiger partial charge on any atom is -0.497 e. The molecule has 0 aromatic heterocycles. The highest BCUT2D eigenvalue weighted by molar-refractivity contribution is 6.10. The molecule has 38 heavy (non-hydrogen) atoms. The summed E-state index contributed by atoms with van der Waals surface area (Å²) < 4.78 is 26.9. The van der Waals surface area contributed by atoms with E-state index in [1.807, 2.05) is 26.8 Å². The Labute approximate surface area is 222 Å². The van der Waals surface area contributed by atoms with Crippen molar-refractivity contribution in [1.82, 2.24) is 0 Å². The molecule has 0 atom stereocenters. The summed E-state index contributed by atoms with van der Waals surface area (Å²) >= 11 is 0. The van der Waals surface area contributed by atoms with Crippen molar-refractivity contribution >= 4 is 23.1 Å². The molecule has 0 radical (unpaired) electrons. The Morgan fingerprint density at radius 1 is 0.684 bits per heavy atom. The summed E-state index contributed by atoms with van der Waals surface area (Å²) in [6, 6.07) is 15.2. The molecular formula is C30H31NO7. The molecule has 1 heterocycles. The number of hydrogen-bond donors (Lipinski definition) is 0. The number of benzene rings is 3. The van der Waals surface area contributed by atoms with E-state index in [4.69, 9.17) is 23.7 Å². The third kappa shape index (κ3) is 5.16. The van der Waals surface area contributed by atoms with Gasteiger partial charge in [0.15, 0.2) is 0 Å². The number of amides is 1. The average Bonchev–Trinajstić information content (AvgIpc) is 2.91. The lowest BCUT2D eigenvalue weighted by atomic mass is 9.88. The van der Waals surface area contributed by atoms with Crippen LogP contribution < -0.4 is 28.6 Å². The lowest BCUT2D eigenvalue weighted by Crippen LogP contribution is -2.49. The first-order valence-corrected chi connectivity index (χ1v) is 12.0. The lowest BCUT2D eigenvalue weighted by Gasteiger charge is -2.41. The Balaban J connectivity index is 1.70. The fourth-order valence-electron chi connectivity index (χ4n) is 4.59. The molecular weight excluding hydrogens is 486 g/mol. The number of nitrogens with zero attached hydrogens (tertiary/aromatic N) is 1. The van der Waals surface area contributed by atoms with E-state index in [2.05, 4.69) is 0 Å². The highest BCUT2D eigenvalue weighted by atomic mass is 16.5. The number of carbonyl (C=O) groups excluding carboxylic acids is 2. The van der Waals surface area contributed by atoms with Crippen molar-refractivity contribution in [2.75, 3.05) is 33.3 Å². The topological polar surface area (TPSA) is 83.5 Å². The molecule has 0 saturated carbocycles. The predicted molar refractivity (Wildman–Crippen MR) is 145 cm³/mol. The van der Waals surface area contributed by atoms with Crippen molar-refractivity contribution in [1.29, 1.82) is 0 Å². The normalized spacial score (nSPS) is 13.7. The van der Waals surface area contributed by atoms with Gasteiger partial charge in [-0.25, -0.2) is 4.79 Å². The van der Waals surface area contributed by atoms with Gasteiger partial charge in [0, 0.05) is 23.3 Å². The number of anilines is 1. The molecule has 8 nitrogen and oxygen atoms in total. The fraction of sp³-hybridized carbons (Fsp3) is 0.267. The molecule has 0 N–H and O–H groups in total. The first kappa shape index (κ1) is 26.6. The molecule has 4 rings (SSSR count). The summed E-state index contributed by atoms with van der Waals surface area (Å²) in [5.74, 6) is 1.56. The van der Waals surface area contributed by atoms with E-state index in [0.717, 1.165) is 11.1 Å². The number of esters is 1. The fourth-order valence-corrected chi connectivity index (χ4v) is 4.59. The van der Waals surface area contributed by atoms with E-state index >= 15 is 0 Å². The van der Waals surface area contributed by atoms with Gasteiger partial charge in [-0.05, 0) is 68.8 Å². The predicted octanol–water partition coefficient (Wildman–Crippen LogP) is 5.78. The van der Waals surface area contributed by atoms with Crippen molar-refractivity contribution in [2.24, 2.45) is 0 Å². The maximum atomic E-state index is 13.9. The molecule has 0 aliphatic carbocycles. The molecule has 198 valence electrons. The molecule has 0 saturated heterocycles. The minimum atomic E-state index is -0.625. The van der Waals surface area contributed by atoms with Gasteiger partial charge in [0.25, 0.3) is 5.91 Å². The van der Waals surface area contributed by atoms with Gasteiger partial charge in [0.2, 0.25) is 0 Å². The maximum absolute atomic E-state index is 13.9. The van der Waals surface area contributed by atoms with Crippen LogP contribution >= 0.6 is 0 Å². The second-order valence-corrected chi connectivity index (χ2v) is 9.39. The van der Waals surface area contributed by atoms with Crippen LogP contribution in [0.3, 0.4) is 0 Å².